The van der Waals surface area contributed by atoms with Crippen molar-refractivity contribution in [3.05, 3.63) is 22.8 Å². The molecule has 1 aromatic rings. The summed E-state index contributed by atoms with van der Waals surface area (Å²) in [7, 11) is 0. The molecule has 0 heterocycles. The van der Waals surface area contributed by atoms with Crippen molar-refractivity contribution < 1.29 is 0 Å². The zero-order valence-electron chi connectivity index (χ0n) is 12.2. The number of benzene rings is 1. The fraction of sp³-hybridized carbons (Fsp3) is 0.600. The largest absolute Gasteiger partial charge is 0.398 e. The fourth-order valence-electron chi connectivity index (χ4n) is 2.09. The van der Waals surface area contributed by atoms with Gasteiger partial charge < -0.3 is 11.5 Å². The number of hydrogen-bond acceptors (Lipinski definition) is 2. The molecule has 0 saturated heterocycles. The monoisotopic (exact) mass is 234 g/mol. The van der Waals surface area contributed by atoms with Crippen molar-refractivity contribution in [3.63, 3.8) is 0 Å². The first-order valence-electron chi connectivity index (χ1n) is 6.15. The fourth-order valence-corrected chi connectivity index (χ4v) is 2.09. The molecular weight excluding hydrogens is 208 g/mol. The summed E-state index contributed by atoms with van der Waals surface area (Å²) in [5, 5.41) is 0. The third kappa shape index (κ3) is 2.56. The lowest BCUT2D eigenvalue weighted by molar-refractivity contribution is 0.571. The molecule has 0 bridgehead atoms. The van der Waals surface area contributed by atoms with Gasteiger partial charge in [0.05, 0.1) is 0 Å². The number of hydrogen-bond donors (Lipinski definition) is 2. The molecule has 0 aromatic heterocycles. The van der Waals surface area contributed by atoms with Gasteiger partial charge in [-0.15, -0.1) is 0 Å². The van der Waals surface area contributed by atoms with Crippen LogP contribution in [0.15, 0.2) is 6.07 Å². The van der Waals surface area contributed by atoms with Crippen LogP contribution in [0, 0.1) is 6.92 Å². The summed E-state index contributed by atoms with van der Waals surface area (Å²) in [6.07, 6.45) is 0. The van der Waals surface area contributed by atoms with Crippen LogP contribution >= 0.6 is 0 Å². The molecule has 2 nitrogen and oxygen atoms in total. The van der Waals surface area contributed by atoms with E-state index in [1.807, 2.05) is 6.92 Å². The molecular formula is C15H26N2. The van der Waals surface area contributed by atoms with Gasteiger partial charge in [0.15, 0.2) is 0 Å². The van der Waals surface area contributed by atoms with Crippen molar-refractivity contribution in [2.75, 3.05) is 11.5 Å². The molecule has 0 unspecified atom stereocenters. The molecule has 0 aliphatic rings. The molecule has 0 saturated carbocycles. The minimum atomic E-state index is 0.0442. The molecule has 96 valence electrons. The maximum Gasteiger partial charge on any atom is 0.0402 e. The first-order valence-corrected chi connectivity index (χ1v) is 6.15. The molecule has 0 aliphatic carbocycles. The zero-order valence-corrected chi connectivity index (χ0v) is 12.2. The lowest BCUT2D eigenvalue weighted by Crippen LogP contribution is -2.21. The Morgan fingerprint density at radius 2 is 1.06 bits per heavy atom. The molecule has 4 N–H and O–H groups in total. The van der Waals surface area contributed by atoms with Gasteiger partial charge in [-0.05, 0) is 34.4 Å². The Balaban J connectivity index is 3.63. The van der Waals surface area contributed by atoms with E-state index in [9.17, 15) is 0 Å². The summed E-state index contributed by atoms with van der Waals surface area (Å²) < 4.78 is 0. The molecule has 0 radical (unpaired) electrons. The van der Waals surface area contributed by atoms with Gasteiger partial charge in [0.2, 0.25) is 0 Å². The van der Waals surface area contributed by atoms with E-state index in [4.69, 9.17) is 11.5 Å². The van der Waals surface area contributed by atoms with Gasteiger partial charge in [0.1, 0.15) is 0 Å². The highest BCUT2D eigenvalue weighted by atomic mass is 14.6. The van der Waals surface area contributed by atoms with Gasteiger partial charge in [0.25, 0.3) is 0 Å². The van der Waals surface area contributed by atoms with Crippen molar-refractivity contribution in [1.29, 1.82) is 0 Å². The molecule has 0 spiro atoms. The van der Waals surface area contributed by atoms with Gasteiger partial charge >= 0.3 is 0 Å². The molecule has 0 amide bonds. The van der Waals surface area contributed by atoms with Crippen LogP contribution in [0.5, 0.6) is 0 Å². The highest BCUT2D eigenvalue weighted by Gasteiger charge is 2.25. The van der Waals surface area contributed by atoms with Gasteiger partial charge in [0, 0.05) is 11.4 Å². The van der Waals surface area contributed by atoms with Gasteiger partial charge in [-0.2, -0.15) is 0 Å². The molecule has 17 heavy (non-hydrogen) atoms. The van der Waals surface area contributed by atoms with Crippen molar-refractivity contribution in [3.8, 4) is 0 Å². The Hall–Kier alpha value is -1.18. The Morgan fingerprint density at radius 1 is 0.765 bits per heavy atom. The normalized spacial score (nSPS) is 12.9. The second kappa shape index (κ2) is 3.94. The first-order chi connectivity index (χ1) is 7.46. The Bertz CT molecular complexity index is 393. The maximum absolute atomic E-state index is 6.20. The van der Waals surface area contributed by atoms with E-state index < -0.39 is 0 Å². The average Bonchev–Trinajstić information content (AvgIpc) is 2.10. The van der Waals surface area contributed by atoms with Crippen LogP contribution in [0.3, 0.4) is 0 Å². The number of nitrogen functional groups attached to an aromatic ring is 2. The Labute approximate surface area is 105 Å². The second-order valence-electron chi connectivity index (χ2n) is 6.92. The SMILES string of the molecule is Cc1c(N)c(C(C)(C)C)cc(C(C)(C)C)c1N. The highest BCUT2D eigenvalue weighted by Crippen LogP contribution is 2.39. The van der Waals surface area contributed by atoms with Crippen LogP contribution < -0.4 is 11.5 Å². The van der Waals surface area contributed by atoms with Gasteiger partial charge in [-0.3, -0.25) is 0 Å². The van der Waals surface area contributed by atoms with E-state index in [0.29, 0.717) is 0 Å². The van der Waals surface area contributed by atoms with Crippen LogP contribution in [-0.4, -0.2) is 0 Å². The summed E-state index contributed by atoms with van der Waals surface area (Å²) in [4.78, 5) is 0. The van der Waals surface area contributed by atoms with Crippen LogP contribution in [0.4, 0.5) is 11.4 Å². The van der Waals surface area contributed by atoms with Crippen LogP contribution in [-0.2, 0) is 10.8 Å². The summed E-state index contributed by atoms with van der Waals surface area (Å²) in [6, 6.07) is 2.18. The number of anilines is 2. The van der Waals surface area contributed by atoms with Crippen molar-refractivity contribution >= 4 is 11.4 Å². The van der Waals surface area contributed by atoms with E-state index in [2.05, 4.69) is 47.6 Å². The smallest absolute Gasteiger partial charge is 0.0402 e. The van der Waals surface area contributed by atoms with Crippen molar-refractivity contribution in [1.82, 2.24) is 0 Å². The molecule has 0 fully saturated rings. The average molecular weight is 234 g/mol. The predicted octanol–water partition coefficient (Wildman–Crippen LogP) is 3.75. The second-order valence-corrected chi connectivity index (χ2v) is 6.92. The van der Waals surface area contributed by atoms with Crippen LogP contribution in [0.1, 0.15) is 58.2 Å². The predicted molar refractivity (Wildman–Crippen MR) is 77.4 cm³/mol. The number of nitrogens with two attached hydrogens (primary N) is 2. The van der Waals surface area contributed by atoms with E-state index >= 15 is 0 Å². The van der Waals surface area contributed by atoms with Crippen LogP contribution in [0.2, 0.25) is 0 Å². The summed E-state index contributed by atoms with van der Waals surface area (Å²) in [6.45, 7) is 15.1. The molecule has 1 aromatic carbocycles. The standard InChI is InChI=1S/C15H26N2/c1-9-12(16)10(14(2,3)4)8-11(13(9)17)15(5,6)7/h8H,16-17H2,1-7H3. The maximum atomic E-state index is 6.20. The first kappa shape index (κ1) is 13.9. The minimum absolute atomic E-state index is 0.0442. The van der Waals surface area contributed by atoms with Crippen LogP contribution in [0.25, 0.3) is 0 Å². The summed E-state index contributed by atoms with van der Waals surface area (Å²) >= 11 is 0. The van der Waals surface area contributed by atoms with Gasteiger partial charge in [-0.1, -0.05) is 47.6 Å². The van der Waals surface area contributed by atoms with Crippen molar-refractivity contribution in [2.45, 2.75) is 59.3 Å². The van der Waals surface area contributed by atoms with E-state index in [-0.39, 0.29) is 10.8 Å². The third-order valence-corrected chi connectivity index (χ3v) is 3.29. The molecule has 0 aliphatic heterocycles. The van der Waals surface area contributed by atoms with Crippen molar-refractivity contribution in [2.24, 2.45) is 0 Å². The zero-order chi connectivity index (χ0) is 13.6. The number of rotatable bonds is 0. The topological polar surface area (TPSA) is 52.0 Å². The molecule has 0 atom stereocenters. The van der Waals surface area contributed by atoms with E-state index in [1.54, 1.807) is 0 Å². The minimum Gasteiger partial charge on any atom is -0.398 e. The quantitative estimate of drug-likeness (QED) is 0.672. The van der Waals surface area contributed by atoms with E-state index in [1.165, 1.54) is 11.1 Å². The molecule has 2 heteroatoms. The lowest BCUT2D eigenvalue weighted by atomic mass is 9.77. The Morgan fingerprint density at radius 3 is 1.29 bits per heavy atom. The summed E-state index contributed by atoms with van der Waals surface area (Å²) in [5.41, 5.74) is 17.6. The summed E-state index contributed by atoms with van der Waals surface area (Å²) in [5.74, 6) is 0. The Kier molecular flexibility index (Phi) is 3.21. The molecule has 1 rings (SSSR count). The third-order valence-electron chi connectivity index (χ3n) is 3.29. The van der Waals surface area contributed by atoms with Gasteiger partial charge in [-0.25, -0.2) is 0 Å². The lowest BCUT2D eigenvalue weighted by Gasteiger charge is -2.29. The highest BCUT2D eigenvalue weighted by molar-refractivity contribution is 5.71. The van der Waals surface area contributed by atoms with E-state index in [0.717, 1.165) is 16.9 Å².